The molecule has 3 rings (SSSR count). The predicted molar refractivity (Wildman–Crippen MR) is 103 cm³/mol. The number of non-ortho nitro benzene ring substituents is 1. The lowest BCUT2D eigenvalue weighted by Gasteiger charge is -2.13. The number of nitrogens with one attached hydrogen (secondary N) is 2. The van der Waals surface area contributed by atoms with Gasteiger partial charge in [0.15, 0.2) is 11.5 Å². The van der Waals surface area contributed by atoms with Crippen LogP contribution in [0.1, 0.15) is 5.56 Å². The molecule has 2 N–H and O–H groups in total. The number of rotatable bonds is 8. The second-order valence-corrected chi connectivity index (χ2v) is 5.68. The number of hydrogen-bond donors (Lipinski definition) is 2. The normalized spacial score (nSPS) is 10.3. The first-order valence-corrected chi connectivity index (χ1v) is 8.29. The molecule has 3 aromatic carbocycles. The average Bonchev–Trinajstić information content (AvgIpc) is 2.70. The Labute approximate surface area is 156 Å². The van der Waals surface area contributed by atoms with Gasteiger partial charge in [-0.1, -0.05) is 24.3 Å². The average molecular weight is 365 g/mol. The van der Waals surface area contributed by atoms with Crippen LogP contribution in [0.3, 0.4) is 0 Å². The number of benzene rings is 3. The van der Waals surface area contributed by atoms with Crippen molar-refractivity contribution in [1.82, 2.24) is 5.43 Å². The van der Waals surface area contributed by atoms with Crippen LogP contribution in [0, 0.1) is 10.1 Å². The van der Waals surface area contributed by atoms with Gasteiger partial charge in [-0.2, -0.15) is 0 Å². The van der Waals surface area contributed by atoms with Crippen LogP contribution in [0.2, 0.25) is 0 Å². The summed E-state index contributed by atoms with van der Waals surface area (Å²) in [5.41, 5.74) is 8.26. The molecule has 0 aliphatic rings. The molecule has 27 heavy (non-hydrogen) atoms. The maximum Gasteiger partial charge on any atom is 0.269 e. The van der Waals surface area contributed by atoms with Crippen molar-refractivity contribution in [1.29, 1.82) is 0 Å². The zero-order valence-electron chi connectivity index (χ0n) is 14.7. The number of hydrogen-bond acceptors (Lipinski definition) is 6. The van der Waals surface area contributed by atoms with Gasteiger partial charge in [0.25, 0.3) is 5.69 Å². The van der Waals surface area contributed by atoms with Crippen molar-refractivity contribution in [3.63, 3.8) is 0 Å². The summed E-state index contributed by atoms with van der Waals surface area (Å²) in [7, 11) is 1.57. The van der Waals surface area contributed by atoms with Gasteiger partial charge in [-0.15, -0.1) is 0 Å². The lowest BCUT2D eigenvalue weighted by atomic mass is 10.2. The molecule has 3 aromatic rings. The minimum Gasteiger partial charge on any atom is -0.493 e. The molecule has 7 nitrogen and oxygen atoms in total. The summed E-state index contributed by atoms with van der Waals surface area (Å²) in [6.07, 6.45) is 0. The van der Waals surface area contributed by atoms with Gasteiger partial charge in [0.05, 0.1) is 12.0 Å². The standard InChI is InChI=1S/C20H19N3O4/c1-26-20-13-15(14-21-22-16-5-3-2-4-6-16)7-12-19(20)27-18-10-8-17(9-11-18)23(24)25/h2-13,21-22H,14H2,1H3. The maximum absolute atomic E-state index is 10.7. The molecular weight excluding hydrogens is 346 g/mol. The Kier molecular flexibility index (Phi) is 5.86. The molecule has 0 aliphatic heterocycles. The van der Waals surface area contributed by atoms with Crippen LogP contribution in [0.4, 0.5) is 11.4 Å². The zero-order valence-corrected chi connectivity index (χ0v) is 14.7. The van der Waals surface area contributed by atoms with E-state index in [9.17, 15) is 10.1 Å². The number of anilines is 1. The Morgan fingerprint density at radius 3 is 2.37 bits per heavy atom. The predicted octanol–water partition coefficient (Wildman–Crippen LogP) is 4.51. The van der Waals surface area contributed by atoms with E-state index >= 15 is 0 Å². The number of nitro groups is 1. The molecule has 0 saturated carbocycles. The van der Waals surface area contributed by atoms with Crippen molar-refractivity contribution in [2.24, 2.45) is 0 Å². The Morgan fingerprint density at radius 2 is 1.70 bits per heavy atom. The van der Waals surface area contributed by atoms with Crippen LogP contribution in [0.5, 0.6) is 17.2 Å². The van der Waals surface area contributed by atoms with E-state index < -0.39 is 4.92 Å². The third kappa shape index (κ3) is 4.96. The lowest BCUT2D eigenvalue weighted by molar-refractivity contribution is -0.384. The summed E-state index contributed by atoms with van der Waals surface area (Å²) in [6.45, 7) is 0.586. The van der Waals surface area contributed by atoms with Crippen molar-refractivity contribution in [2.45, 2.75) is 6.54 Å². The van der Waals surface area contributed by atoms with Gasteiger partial charge in [0, 0.05) is 24.4 Å². The zero-order chi connectivity index (χ0) is 19.1. The van der Waals surface area contributed by atoms with Crippen LogP contribution in [-0.2, 0) is 6.54 Å². The Balaban J connectivity index is 1.64. The van der Waals surface area contributed by atoms with Crippen molar-refractivity contribution in [2.75, 3.05) is 12.5 Å². The van der Waals surface area contributed by atoms with Crippen molar-refractivity contribution < 1.29 is 14.4 Å². The highest BCUT2D eigenvalue weighted by atomic mass is 16.6. The highest BCUT2D eigenvalue weighted by molar-refractivity contribution is 5.47. The van der Waals surface area contributed by atoms with Gasteiger partial charge in [0.1, 0.15) is 5.75 Å². The van der Waals surface area contributed by atoms with Gasteiger partial charge in [-0.05, 0) is 42.0 Å². The van der Waals surface area contributed by atoms with Gasteiger partial charge in [-0.3, -0.25) is 10.1 Å². The quantitative estimate of drug-likeness (QED) is 0.451. The Bertz CT molecular complexity index is 899. The molecule has 0 aromatic heterocycles. The number of hydrazine groups is 1. The monoisotopic (exact) mass is 365 g/mol. The van der Waals surface area contributed by atoms with Gasteiger partial charge in [0.2, 0.25) is 0 Å². The maximum atomic E-state index is 10.7. The van der Waals surface area contributed by atoms with E-state index in [-0.39, 0.29) is 5.69 Å². The highest BCUT2D eigenvalue weighted by Gasteiger charge is 2.09. The van der Waals surface area contributed by atoms with Gasteiger partial charge >= 0.3 is 0 Å². The fraction of sp³-hybridized carbons (Fsp3) is 0.100. The topological polar surface area (TPSA) is 85.7 Å². The molecule has 138 valence electrons. The fourth-order valence-corrected chi connectivity index (χ4v) is 2.44. The summed E-state index contributed by atoms with van der Waals surface area (Å²) in [5.74, 6) is 1.61. The summed E-state index contributed by atoms with van der Waals surface area (Å²) in [5, 5.41) is 10.7. The Hall–Kier alpha value is -3.58. The molecule has 0 fully saturated rings. The summed E-state index contributed by atoms with van der Waals surface area (Å²) >= 11 is 0. The third-order valence-corrected chi connectivity index (χ3v) is 3.80. The van der Waals surface area contributed by atoms with Crippen LogP contribution in [-0.4, -0.2) is 12.0 Å². The van der Waals surface area contributed by atoms with E-state index in [2.05, 4.69) is 10.9 Å². The number of nitrogens with zero attached hydrogens (tertiary/aromatic N) is 1. The first-order valence-electron chi connectivity index (χ1n) is 8.29. The SMILES string of the molecule is COc1cc(CNNc2ccccc2)ccc1Oc1ccc([N+](=O)[O-])cc1. The van der Waals surface area contributed by atoms with Gasteiger partial charge < -0.3 is 14.9 Å². The molecule has 0 spiro atoms. The van der Waals surface area contributed by atoms with Gasteiger partial charge in [-0.25, -0.2) is 5.43 Å². The first-order chi connectivity index (χ1) is 13.2. The van der Waals surface area contributed by atoms with Crippen molar-refractivity contribution >= 4 is 11.4 Å². The van der Waals surface area contributed by atoms with E-state index in [1.54, 1.807) is 25.3 Å². The van der Waals surface area contributed by atoms with E-state index in [1.165, 1.54) is 12.1 Å². The van der Waals surface area contributed by atoms with Crippen LogP contribution in [0.25, 0.3) is 0 Å². The van der Waals surface area contributed by atoms with Crippen molar-refractivity contribution in [3.8, 4) is 17.2 Å². The third-order valence-electron chi connectivity index (χ3n) is 3.80. The highest BCUT2D eigenvalue weighted by Crippen LogP contribution is 2.33. The van der Waals surface area contributed by atoms with E-state index in [1.807, 2.05) is 42.5 Å². The van der Waals surface area contributed by atoms with E-state index in [4.69, 9.17) is 9.47 Å². The second kappa shape index (κ2) is 8.68. The molecule has 7 heteroatoms. The summed E-state index contributed by atoms with van der Waals surface area (Å²) < 4.78 is 11.2. The molecular formula is C20H19N3O4. The van der Waals surface area contributed by atoms with E-state index in [0.29, 0.717) is 23.8 Å². The molecule has 0 radical (unpaired) electrons. The number of methoxy groups -OCH3 is 1. The number of para-hydroxylation sites is 1. The molecule has 0 aliphatic carbocycles. The molecule has 0 heterocycles. The number of nitro benzene ring substituents is 1. The molecule has 0 amide bonds. The minimum atomic E-state index is -0.449. The fourth-order valence-electron chi connectivity index (χ4n) is 2.44. The smallest absolute Gasteiger partial charge is 0.269 e. The Morgan fingerprint density at radius 1 is 0.963 bits per heavy atom. The van der Waals surface area contributed by atoms with Crippen LogP contribution in [0.15, 0.2) is 72.8 Å². The summed E-state index contributed by atoms with van der Waals surface area (Å²) in [6, 6.07) is 21.3. The molecule has 0 saturated heterocycles. The summed E-state index contributed by atoms with van der Waals surface area (Å²) in [4.78, 5) is 10.3. The molecule has 0 unspecified atom stereocenters. The van der Waals surface area contributed by atoms with E-state index in [0.717, 1.165) is 11.3 Å². The number of ether oxygens (including phenoxy) is 2. The van der Waals surface area contributed by atoms with Crippen LogP contribution < -0.4 is 20.3 Å². The minimum absolute atomic E-state index is 0.0154. The van der Waals surface area contributed by atoms with Crippen LogP contribution >= 0.6 is 0 Å². The first kappa shape index (κ1) is 18.2. The lowest BCUT2D eigenvalue weighted by Crippen LogP contribution is -2.20. The second-order valence-electron chi connectivity index (χ2n) is 5.68. The molecule has 0 atom stereocenters. The van der Waals surface area contributed by atoms with Crippen molar-refractivity contribution in [3.05, 3.63) is 88.5 Å². The largest absolute Gasteiger partial charge is 0.493 e. The molecule has 0 bridgehead atoms.